The summed E-state index contributed by atoms with van der Waals surface area (Å²) in [5, 5.41) is 8.89. The molecule has 0 saturated heterocycles. The van der Waals surface area contributed by atoms with Crippen molar-refractivity contribution in [3.05, 3.63) is 144 Å². The summed E-state index contributed by atoms with van der Waals surface area (Å²) < 4.78 is 119. The summed E-state index contributed by atoms with van der Waals surface area (Å²) in [5.41, 5.74) is 6.36. The van der Waals surface area contributed by atoms with Crippen LogP contribution in [0.25, 0.3) is 22.3 Å². The smallest absolute Gasteiger partial charge is 0.316 e. The van der Waals surface area contributed by atoms with Crippen LogP contribution in [0.15, 0.2) is 141 Å². The maximum absolute atomic E-state index is 13.4. The zero-order valence-electron chi connectivity index (χ0n) is 47.1. The number of nitrogens with zero attached hydrogens (tertiary/aromatic N) is 8. The molecule has 1 atom stereocenters. The molecule has 1 unspecified atom stereocenters. The number of rotatable bonds is 20. The zero-order chi connectivity index (χ0) is 59.1. The molecule has 0 radical (unpaired) electrons. The molecule has 4 aromatic carbocycles. The Bertz CT molecular complexity index is 3830. The van der Waals surface area contributed by atoms with Crippen molar-refractivity contribution in [1.82, 2.24) is 39.5 Å². The van der Waals surface area contributed by atoms with Crippen molar-refractivity contribution >= 4 is 52.3 Å². The normalized spacial score (nSPS) is 12.4. The first-order valence-corrected chi connectivity index (χ1v) is 31.7. The molecule has 8 rings (SSSR count). The molecule has 0 amide bonds. The van der Waals surface area contributed by atoms with E-state index in [-0.39, 0.29) is 87.4 Å². The Labute approximate surface area is 476 Å². The largest absolute Gasteiger partial charge is 0.472 e. The first-order chi connectivity index (χ1) is 38.0. The summed E-state index contributed by atoms with van der Waals surface area (Å²) in [6, 6.07) is 29.0. The molecule has 21 nitrogen and oxygen atoms in total. The third-order valence-electron chi connectivity index (χ3n) is 12.3. The van der Waals surface area contributed by atoms with Crippen LogP contribution in [0.2, 0.25) is 0 Å². The second kappa shape index (κ2) is 25.0. The van der Waals surface area contributed by atoms with Gasteiger partial charge in [0, 0.05) is 26.6 Å². The van der Waals surface area contributed by atoms with Crippen LogP contribution >= 0.6 is 0 Å². The Morgan fingerprint density at radius 3 is 1.15 bits per heavy atom. The molecule has 4 aromatic heterocycles. The van der Waals surface area contributed by atoms with Gasteiger partial charge in [0.2, 0.25) is 11.8 Å². The van der Waals surface area contributed by atoms with Crippen LogP contribution < -0.4 is 28.4 Å². The van der Waals surface area contributed by atoms with Crippen LogP contribution in [0.3, 0.4) is 0 Å². The van der Waals surface area contributed by atoms with Gasteiger partial charge in [0.1, 0.15) is 43.0 Å². The first-order valence-electron chi connectivity index (χ1n) is 25.2. The molecule has 4 heterocycles. The van der Waals surface area contributed by atoms with E-state index in [1.165, 1.54) is 34.2 Å². The molecule has 0 bridgehead atoms. The van der Waals surface area contributed by atoms with Gasteiger partial charge in [-0.2, -0.15) is 0 Å². The fraction of sp³-hybridized carbons (Fsp3) is 0.321. The minimum Gasteiger partial charge on any atom is -0.472 e. The van der Waals surface area contributed by atoms with Crippen LogP contribution in [-0.2, 0) is 65.6 Å². The van der Waals surface area contributed by atoms with Gasteiger partial charge in [-0.25, -0.2) is 54.6 Å². The van der Waals surface area contributed by atoms with E-state index in [1.54, 1.807) is 44.6 Å². The SMILES string of the molecule is Cc1ccc(-c2c(OCCOc3ncc(S(C)(=O)=O)cn3)nn(C)c2NS(=O)(=O)c2ccc(C(C)(C)C)cc2)cc1.Cc1ccc(-c2c(OCCOc3ncc(S(C)=O)cn3)nn(C)c2NS(=O)(=O)c2ccc(C(C)(C)C)cc2)cc1. The van der Waals surface area contributed by atoms with Crippen molar-refractivity contribution in [2.24, 2.45) is 14.1 Å². The van der Waals surface area contributed by atoms with Crippen LogP contribution in [0.1, 0.15) is 63.8 Å². The number of benzene rings is 4. The molecule has 0 aliphatic rings. The number of sulfonamides is 2. The van der Waals surface area contributed by atoms with Gasteiger partial charge in [0.05, 0.1) is 61.4 Å². The predicted octanol–water partition coefficient (Wildman–Crippen LogP) is 8.62. The highest BCUT2D eigenvalue weighted by Crippen LogP contribution is 2.40. The van der Waals surface area contributed by atoms with Gasteiger partial charge in [0.25, 0.3) is 20.0 Å². The number of aryl methyl sites for hydroxylation is 4. The summed E-state index contributed by atoms with van der Waals surface area (Å²) >= 11 is 0. The third-order valence-corrected chi connectivity index (χ3v) is 17.0. The van der Waals surface area contributed by atoms with Crippen molar-refractivity contribution in [1.29, 1.82) is 0 Å². The van der Waals surface area contributed by atoms with Crippen molar-refractivity contribution < 1.29 is 48.4 Å². The Morgan fingerprint density at radius 2 is 0.827 bits per heavy atom. The summed E-state index contributed by atoms with van der Waals surface area (Å²) in [7, 11) is -9.20. The lowest BCUT2D eigenvalue weighted by Gasteiger charge is -2.19. The van der Waals surface area contributed by atoms with E-state index in [0.29, 0.717) is 21.6 Å². The third kappa shape index (κ3) is 15.8. The molecular weight excluding hydrogens is 1120 g/mol. The average Bonchev–Trinajstić information content (AvgIpc) is 3.99. The van der Waals surface area contributed by atoms with E-state index in [2.05, 4.69) is 81.1 Å². The molecule has 8 aromatic rings. The molecule has 25 heteroatoms. The number of hydrogen-bond acceptors (Lipinski definition) is 17. The summed E-state index contributed by atoms with van der Waals surface area (Å²) in [6.45, 7) is 16.6. The van der Waals surface area contributed by atoms with Gasteiger partial charge in [-0.1, -0.05) is 125 Å². The summed E-state index contributed by atoms with van der Waals surface area (Å²) in [5.74, 6) is 0.956. The van der Waals surface area contributed by atoms with Crippen LogP contribution in [-0.4, -0.2) is 108 Å². The lowest BCUT2D eigenvalue weighted by atomic mass is 9.87. The quantitative estimate of drug-likeness (QED) is 0.0676. The van der Waals surface area contributed by atoms with Gasteiger partial charge < -0.3 is 18.9 Å². The fourth-order valence-electron chi connectivity index (χ4n) is 7.68. The van der Waals surface area contributed by atoms with Gasteiger partial charge in [-0.15, -0.1) is 10.2 Å². The van der Waals surface area contributed by atoms with Gasteiger partial charge in [0.15, 0.2) is 9.84 Å². The second-order valence-electron chi connectivity index (χ2n) is 20.8. The van der Waals surface area contributed by atoms with Gasteiger partial charge in [-0.3, -0.25) is 13.7 Å². The molecule has 2 N–H and O–H groups in total. The van der Waals surface area contributed by atoms with Crippen molar-refractivity contribution in [3.8, 4) is 46.0 Å². The number of nitrogens with one attached hydrogen (secondary N) is 2. The Hall–Kier alpha value is -7.74. The van der Waals surface area contributed by atoms with E-state index >= 15 is 0 Å². The van der Waals surface area contributed by atoms with E-state index in [0.717, 1.165) is 34.1 Å². The molecule has 0 aliphatic heterocycles. The van der Waals surface area contributed by atoms with Crippen LogP contribution in [0, 0.1) is 13.8 Å². The highest BCUT2D eigenvalue weighted by Gasteiger charge is 2.28. The second-order valence-corrected chi connectivity index (χ2v) is 27.6. The molecule has 0 spiro atoms. The topological polar surface area (TPSA) is 268 Å². The van der Waals surface area contributed by atoms with E-state index in [4.69, 9.17) is 18.9 Å². The van der Waals surface area contributed by atoms with Crippen molar-refractivity contribution in [2.75, 3.05) is 48.4 Å². The molecule has 430 valence electrons. The lowest BCUT2D eigenvalue weighted by Crippen LogP contribution is -2.17. The van der Waals surface area contributed by atoms with Gasteiger partial charge >= 0.3 is 12.0 Å². The Kier molecular flexibility index (Phi) is 18.8. The van der Waals surface area contributed by atoms with Crippen molar-refractivity contribution in [2.45, 2.75) is 85.8 Å². The highest BCUT2D eigenvalue weighted by molar-refractivity contribution is 7.93. The van der Waals surface area contributed by atoms with Crippen molar-refractivity contribution in [3.63, 3.8) is 0 Å². The highest BCUT2D eigenvalue weighted by atomic mass is 32.2. The first kappa shape index (κ1) is 60.9. The fourth-order valence-corrected chi connectivity index (χ4v) is 10.8. The number of anilines is 2. The molecule has 0 fully saturated rings. The Balaban J connectivity index is 0.000000234. The lowest BCUT2D eigenvalue weighted by molar-refractivity contribution is 0.201. The zero-order valence-corrected chi connectivity index (χ0v) is 50.3. The molecular formula is C56H66N10O11S4. The monoisotopic (exact) mass is 1180 g/mol. The van der Waals surface area contributed by atoms with Crippen LogP contribution in [0.4, 0.5) is 11.6 Å². The summed E-state index contributed by atoms with van der Waals surface area (Å²) in [6.07, 6.45) is 7.84. The number of aromatic nitrogens is 8. The Morgan fingerprint density at radius 1 is 0.494 bits per heavy atom. The number of ether oxygens (including phenoxy) is 4. The maximum Gasteiger partial charge on any atom is 0.316 e. The van der Waals surface area contributed by atoms with E-state index in [9.17, 15) is 29.5 Å². The van der Waals surface area contributed by atoms with Crippen LogP contribution in [0.5, 0.6) is 23.8 Å². The minimum absolute atomic E-state index is 0.00768. The summed E-state index contributed by atoms with van der Waals surface area (Å²) in [4.78, 5) is 16.7. The molecule has 0 aliphatic carbocycles. The number of hydrogen-bond donors (Lipinski definition) is 2. The van der Waals surface area contributed by atoms with Gasteiger partial charge in [-0.05, 0) is 71.2 Å². The average molecular weight is 1180 g/mol. The van der Waals surface area contributed by atoms with E-state index < -0.39 is 40.7 Å². The predicted molar refractivity (Wildman–Crippen MR) is 310 cm³/mol. The minimum atomic E-state index is -3.95. The molecule has 81 heavy (non-hydrogen) atoms. The maximum atomic E-state index is 13.4. The number of sulfone groups is 1. The molecule has 0 saturated carbocycles. The van der Waals surface area contributed by atoms with E-state index in [1.807, 2.05) is 86.6 Å². The standard InChI is InChI=1S/C28H33N5O6S2.C28H33N5O5S2/c1-19-7-9-20(10-8-19)24-25(32-41(36,37)22-13-11-21(12-14-22)28(2,3)4)33(5)31-26(24)38-15-16-39-27-29-17-23(18-30-27)40(6,34)35;1-19-7-9-20(10-8-19)24-25(32-40(35,36)23-13-11-21(12-14-23)28(2,3)4)33(5)31-26(24)37-15-16-38-27-29-17-22(18-30-27)39(6)34/h7-14,17-18,32H,15-16H2,1-6H3;7-14,17-18,32H,15-16H2,1-6H3.